The van der Waals surface area contributed by atoms with Crippen molar-refractivity contribution in [1.29, 1.82) is 0 Å². The molecule has 2 nitrogen and oxygen atoms in total. The molecule has 0 atom stereocenters. The molecule has 0 saturated heterocycles. The summed E-state index contributed by atoms with van der Waals surface area (Å²) in [5.41, 5.74) is 0.326. The minimum atomic E-state index is -0.235. The predicted octanol–water partition coefficient (Wildman–Crippen LogP) is -1.64. The van der Waals surface area contributed by atoms with Crippen molar-refractivity contribution in [2.45, 2.75) is 6.92 Å². The maximum Gasteiger partial charge on any atom is 1.00 e. The van der Waals surface area contributed by atoms with Gasteiger partial charge in [-0.3, -0.25) is 0 Å². The first-order chi connectivity index (χ1) is 5.13. The summed E-state index contributed by atoms with van der Waals surface area (Å²) in [6.07, 6.45) is 4.41. The van der Waals surface area contributed by atoms with Gasteiger partial charge in [-0.15, -0.1) is 24.8 Å². The van der Waals surface area contributed by atoms with E-state index in [1.54, 1.807) is 6.29 Å². The fraction of sp³-hybridized carbons (Fsp3) is 0.111. The quantitative estimate of drug-likeness (QED) is 0.229. The third kappa shape index (κ3) is 4.95. The van der Waals surface area contributed by atoms with Crippen LogP contribution in [0.3, 0.4) is 0 Å². The van der Waals surface area contributed by atoms with Crippen LogP contribution in [-0.4, -0.2) is 12.1 Å². The Morgan fingerprint density at radius 1 is 1.50 bits per heavy atom. The molecule has 0 rings (SSSR count). The molecule has 0 amide bonds. The number of allylic oxidation sites excluding steroid dienone is 4. The minimum Gasteiger partial charge on any atom is -0.376 e. The second-order valence-electron chi connectivity index (χ2n) is 1.95. The first-order valence-corrected chi connectivity index (χ1v) is 3.04. The Hall–Kier alpha value is 0.196. The summed E-state index contributed by atoms with van der Waals surface area (Å²) in [6, 6.07) is 0. The van der Waals surface area contributed by atoms with Gasteiger partial charge in [-0.2, -0.15) is 6.08 Å². The van der Waals surface area contributed by atoms with Gasteiger partial charge in [0.2, 0.25) is 0 Å². The maximum atomic E-state index is 10.7. The van der Waals surface area contributed by atoms with E-state index in [-0.39, 0.29) is 68.3 Å². The molecule has 0 N–H and O–H groups in total. The monoisotopic (exact) mass is 188 g/mol. The van der Waals surface area contributed by atoms with Gasteiger partial charge in [0.25, 0.3) is 0 Å². The smallest absolute Gasteiger partial charge is 0.376 e. The van der Waals surface area contributed by atoms with Crippen LogP contribution in [0.4, 0.5) is 0 Å². The standard InChI is InChI=1S/C9H9O2.K/c1-4-5-9(6-10)7(2)8(3)11;/h4-5H,1-2H2,3H3;/q-1;+1/b9-5-;. The van der Waals surface area contributed by atoms with Crippen LogP contribution < -0.4 is 51.4 Å². The van der Waals surface area contributed by atoms with Crippen molar-refractivity contribution in [3.63, 3.8) is 0 Å². The van der Waals surface area contributed by atoms with Crippen molar-refractivity contribution in [2.75, 3.05) is 0 Å². The zero-order valence-corrected chi connectivity index (χ0v) is 10.5. The minimum absolute atomic E-state index is 0. The topological polar surface area (TPSA) is 34.1 Å². The second kappa shape index (κ2) is 7.83. The second-order valence-corrected chi connectivity index (χ2v) is 1.95. The molecule has 0 saturated carbocycles. The van der Waals surface area contributed by atoms with Crippen LogP contribution in [0, 0.1) is 0 Å². The zero-order chi connectivity index (χ0) is 8.85. The molecule has 0 unspecified atom stereocenters. The van der Waals surface area contributed by atoms with Crippen molar-refractivity contribution in [3.8, 4) is 0 Å². The van der Waals surface area contributed by atoms with Gasteiger partial charge in [0, 0.05) is 0 Å². The molecule has 0 aromatic heterocycles. The van der Waals surface area contributed by atoms with Crippen LogP contribution >= 0.6 is 0 Å². The zero-order valence-electron chi connectivity index (χ0n) is 7.39. The molecule has 0 aromatic rings. The van der Waals surface area contributed by atoms with Gasteiger partial charge in [-0.1, -0.05) is 5.57 Å². The summed E-state index contributed by atoms with van der Waals surface area (Å²) in [4.78, 5) is 20.9. The van der Waals surface area contributed by atoms with Gasteiger partial charge in [0.15, 0.2) is 0 Å². The average Bonchev–Trinajstić information content (AvgIpc) is 1.98. The Morgan fingerprint density at radius 3 is 2.25 bits per heavy atom. The number of carbonyl (C=O) groups excluding carboxylic acids is 2. The Labute approximate surface area is 115 Å². The predicted molar refractivity (Wildman–Crippen MR) is 43.8 cm³/mol. The van der Waals surface area contributed by atoms with Crippen LogP contribution in [0.2, 0.25) is 0 Å². The summed E-state index contributed by atoms with van der Waals surface area (Å²) >= 11 is 0. The number of ketones is 1. The molecule has 0 fully saturated rings. The van der Waals surface area contributed by atoms with Crippen molar-refractivity contribution >= 4 is 12.1 Å². The number of rotatable bonds is 4. The largest absolute Gasteiger partial charge is 1.00 e. The summed E-state index contributed by atoms with van der Waals surface area (Å²) in [6.45, 7) is 8.14. The van der Waals surface area contributed by atoms with Crippen molar-refractivity contribution < 1.29 is 61.0 Å². The molecule has 0 aliphatic rings. The number of hydrogen-bond acceptors (Lipinski definition) is 2. The van der Waals surface area contributed by atoms with E-state index >= 15 is 0 Å². The van der Waals surface area contributed by atoms with Crippen LogP contribution in [0.25, 0.3) is 0 Å². The van der Waals surface area contributed by atoms with E-state index in [4.69, 9.17) is 0 Å². The Bertz CT molecular complexity index is 239. The van der Waals surface area contributed by atoms with Gasteiger partial charge < -0.3 is 9.59 Å². The van der Waals surface area contributed by atoms with Crippen molar-refractivity contribution in [3.05, 3.63) is 36.5 Å². The van der Waals surface area contributed by atoms with E-state index in [2.05, 4.69) is 13.2 Å². The molecule has 0 aromatic carbocycles. The van der Waals surface area contributed by atoms with E-state index in [0.717, 1.165) is 0 Å². The SMILES string of the molecule is C=C/C=C(/[C-]=O)C(=C)C(C)=O.[K+]. The molecular formula is C9H9KO2. The van der Waals surface area contributed by atoms with Gasteiger partial charge in [-0.05, 0) is 6.92 Å². The van der Waals surface area contributed by atoms with E-state index in [1.807, 2.05) is 0 Å². The van der Waals surface area contributed by atoms with Crippen LogP contribution in [-0.2, 0) is 9.59 Å². The molecule has 3 heteroatoms. The van der Waals surface area contributed by atoms with Crippen molar-refractivity contribution in [1.82, 2.24) is 0 Å². The summed E-state index contributed by atoms with van der Waals surface area (Å²) in [7, 11) is 0. The van der Waals surface area contributed by atoms with Crippen LogP contribution in [0.15, 0.2) is 36.5 Å². The number of Topliss-reactive ketones (excluding diaryl/α,β-unsaturated/α-hetero) is 1. The van der Waals surface area contributed by atoms with Gasteiger partial charge >= 0.3 is 51.4 Å². The molecule has 0 spiro atoms. The fourth-order valence-electron chi connectivity index (χ4n) is 0.504. The van der Waals surface area contributed by atoms with Gasteiger partial charge in [0.05, 0.1) is 6.29 Å². The van der Waals surface area contributed by atoms with E-state index in [9.17, 15) is 9.59 Å². The number of hydrogen-bond donors (Lipinski definition) is 0. The summed E-state index contributed by atoms with van der Waals surface area (Å²) in [5.74, 6) is -0.235. The van der Waals surface area contributed by atoms with Crippen LogP contribution in [0.1, 0.15) is 6.92 Å². The average molecular weight is 188 g/mol. The molecular weight excluding hydrogens is 179 g/mol. The number of carbonyl (C=O) groups is 1. The van der Waals surface area contributed by atoms with E-state index in [0.29, 0.717) is 0 Å². The van der Waals surface area contributed by atoms with E-state index < -0.39 is 0 Å². The third-order valence-corrected chi connectivity index (χ3v) is 1.14. The van der Waals surface area contributed by atoms with E-state index in [1.165, 1.54) is 19.1 Å². The Morgan fingerprint density at radius 2 is 2.00 bits per heavy atom. The first-order valence-electron chi connectivity index (χ1n) is 3.04. The Balaban J connectivity index is 0. The first kappa shape index (κ1) is 14.7. The molecule has 58 valence electrons. The third-order valence-electron chi connectivity index (χ3n) is 1.14. The van der Waals surface area contributed by atoms with Crippen molar-refractivity contribution in [2.24, 2.45) is 0 Å². The Kier molecular flexibility index (Phi) is 9.59. The fourth-order valence-corrected chi connectivity index (χ4v) is 0.504. The maximum absolute atomic E-state index is 10.7. The summed E-state index contributed by atoms with van der Waals surface area (Å²) in [5, 5.41) is 0. The molecule has 0 aliphatic heterocycles. The van der Waals surface area contributed by atoms with Crippen LogP contribution in [0.5, 0.6) is 0 Å². The van der Waals surface area contributed by atoms with Gasteiger partial charge in [0.1, 0.15) is 5.78 Å². The molecule has 0 aliphatic carbocycles. The normalized spacial score (nSPS) is 9.58. The molecule has 0 radical (unpaired) electrons. The molecule has 0 bridgehead atoms. The van der Waals surface area contributed by atoms with Gasteiger partial charge in [-0.25, -0.2) is 0 Å². The summed E-state index contributed by atoms with van der Waals surface area (Å²) < 4.78 is 0. The molecule has 12 heavy (non-hydrogen) atoms. The molecule has 0 heterocycles.